The molecule has 0 aromatic heterocycles. The van der Waals surface area contributed by atoms with Gasteiger partial charge in [0.1, 0.15) is 11.8 Å². The molecule has 9 unspecified atom stereocenters. The van der Waals surface area contributed by atoms with Crippen LogP contribution < -0.4 is 16.0 Å². The van der Waals surface area contributed by atoms with Crippen LogP contribution in [0.25, 0.3) is 0 Å². The third kappa shape index (κ3) is 7.48. The van der Waals surface area contributed by atoms with Crippen molar-refractivity contribution >= 4 is 29.4 Å². The molecule has 4 fully saturated rings. The third-order valence-electron chi connectivity index (χ3n) is 9.69. The summed E-state index contributed by atoms with van der Waals surface area (Å²) in [4.78, 5) is 43.5. The van der Waals surface area contributed by atoms with Crippen LogP contribution in [0.1, 0.15) is 72.1 Å². The molecular weight excluding hydrogens is 577 g/mol. The molecule has 0 aromatic carbocycles. The Morgan fingerprint density at radius 3 is 2.65 bits per heavy atom. The fourth-order valence-corrected chi connectivity index (χ4v) is 7.92. The molecule has 0 aromatic rings. The van der Waals surface area contributed by atoms with Crippen LogP contribution in [0.3, 0.4) is 0 Å². The molecule has 2 aliphatic carbocycles. The van der Waals surface area contributed by atoms with Crippen molar-refractivity contribution in [3.63, 3.8) is 0 Å². The number of carbonyl (C=O) groups excluding carboxylic acids is 3. The van der Waals surface area contributed by atoms with Gasteiger partial charge in [-0.1, -0.05) is 0 Å². The van der Waals surface area contributed by atoms with Crippen LogP contribution in [0.15, 0.2) is 11.8 Å². The fourth-order valence-electron chi connectivity index (χ4n) is 7.62. The van der Waals surface area contributed by atoms with E-state index in [9.17, 15) is 14.4 Å². The average Bonchev–Trinajstić information content (AvgIpc) is 3.34. The van der Waals surface area contributed by atoms with Crippen LogP contribution in [0, 0.1) is 5.92 Å². The molecule has 242 valence electrons. The number of carbonyl (C=O) groups is 3. The van der Waals surface area contributed by atoms with Crippen molar-refractivity contribution in [1.82, 2.24) is 25.8 Å². The second-order valence-corrected chi connectivity index (χ2v) is 14.5. The third-order valence-corrected chi connectivity index (χ3v) is 10.1. The van der Waals surface area contributed by atoms with Gasteiger partial charge < -0.3 is 35.2 Å². The Labute approximate surface area is 259 Å². The van der Waals surface area contributed by atoms with Crippen molar-refractivity contribution in [1.29, 1.82) is 0 Å². The Kier molecular flexibility index (Phi) is 10.2. The minimum atomic E-state index is -1.33. The summed E-state index contributed by atoms with van der Waals surface area (Å²) >= 11 is 6.55. The number of Topliss-reactive ketones (excluding diaryl/α,β-unsaturated/α-hetero) is 1. The van der Waals surface area contributed by atoms with E-state index in [4.69, 9.17) is 21.1 Å². The zero-order valence-corrected chi connectivity index (χ0v) is 26.7. The highest BCUT2D eigenvalue weighted by Gasteiger charge is 2.58. The smallest absolute Gasteiger partial charge is 0.407 e. The largest absolute Gasteiger partial charge is 0.444 e. The maximum Gasteiger partial charge on any atom is 0.407 e. The van der Waals surface area contributed by atoms with Gasteiger partial charge in [-0.05, 0) is 92.3 Å². The van der Waals surface area contributed by atoms with Crippen molar-refractivity contribution in [2.75, 3.05) is 33.2 Å². The monoisotopic (exact) mass is 625 g/mol. The number of amides is 2. The van der Waals surface area contributed by atoms with Crippen molar-refractivity contribution in [3.05, 3.63) is 11.8 Å². The number of rotatable bonds is 9. The Hall–Kier alpha value is -1.95. The summed E-state index contributed by atoms with van der Waals surface area (Å²) in [5.41, 5.74) is -0.454. The Bertz CT molecular complexity index is 1070. The van der Waals surface area contributed by atoms with Gasteiger partial charge in [0.05, 0.1) is 35.9 Å². The normalized spacial score (nSPS) is 36.0. The molecule has 2 saturated carbocycles. The van der Waals surface area contributed by atoms with Crippen LogP contribution >= 0.6 is 11.6 Å². The number of alkyl halides is 2. The van der Waals surface area contributed by atoms with E-state index in [-0.39, 0.29) is 47.2 Å². The number of nitrogens with zero attached hydrogens (tertiary/aromatic N) is 2. The van der Waals surface area contributed by atoms with E-state index >= 15 is 4.39 Å². The van der Waals surface area contributed by atoms with Gasteiger partial charge in [0.25, 0.3) is 5.91 Å². The maximum absolute atomic E-state index is 15.9. The molecule has 12 heteroatoms. The fraction of sp³-hybridized carbons (Fsp3) is 0.839. The molecule has 3 aliphatic heterocycles. The molecule has 5 aliphatic rings. The van der Waals surface area contributed by atoms with Crippen LogP contribution in [0.4, 0.5) is 9.18 Å². The van der Waals surface area contributed by atoms with Crippen molar-refractivity contribution in [2.45, 2.75) is 126 Å². The molecule has 3 heterocycles. The highest BCUT2D eigenvalue weighted by atomic mass is 35.5. The topological polar surface area (TPSA) is 112 Å². The average molecular weight is 626 g/mol. The van der Waals surface area contributed by atoms with E-state index in [2.05, 4.69) is 32.8 Å². The quantitative estimate of drug-likeness (QED) is 0.204. The zero-order chi connectivity index (χ0) is 30.9. The number of hydrogen-bond donors (Lipinski definition) is 3. The SMILES string of the molecule is CN1CCCC1CCNC(=O)C1=CN2C3CCC(Cl)CC3OC3C(NCCCNC(=O)OC(C)(C)C)C(F)CC(C1=O)C32. The molecule has 43 heavy (non-hydrogen) atoms. The van der Waals surface area contributed by atoms with Crippen molar-refractivity contribution in [3.8, 4) is 0 Å². The molecule has 0 spiro atoms. The maximum atomic E-state index is 15.9. The molecule has 5 rings (SSSR count). The molecule has 2 saturated heterocycles. The molecule has 2 amide bonds. The second-order valence-electron chi connectivity index (χ2n) is 13.9. The number of ether oxygens (including phenoxy) is 2. The molecule has 0 radical (unpaired) electrons. The van der Waals surface area contributed by atoms with Crippen LogP contribution in [0.5, 0.6) is 0 Å². The first-order valence-electron chi connectivity index (χ1n) is 16.1. The van der Waals surface area contributed by atoms with E-state index < -0.39 is 35.9 Å². The first-order chi connectivity index (χ1) is 20.4. The first kappa shape index (κ1) is 32.4. The predicted molar refractivity (Wildman–Crippen MR) is 162 cm³/mol. The number of likely N-dealkylation sites (tertiary alicyclic amines) is 1. The van der Waals surface area contributed by atoms with Crippen LogP contribution in [-0.4, -0.2) is 114 Å². The highest BCUT2D eigenvalue weighted by Crippen LogP contribution is 2.46. The predicted octanol–water partition coefficient (Wildman–Crippen LogP) is 2.88. The van der Waals surface area contributed by atoms with Gasteiger partial charge in [-0.15, -0.1) is 11.6 Å². The summed E-state index contributed by atoms with van der Waals surface area (Å²) < 4.78 is 27.8. The number of fused-ring (bicyclic) bond motifs is 2. The van der Waals surface area contributed by atoms with Gasteiger partial charge in [-0.2, -0.15) is 0 Å². The van der Waals surface area contributed by atoms with Crippen LogP contribution in [0.2, 0.25) is 0 Å². The van der Waals surface area contributed by atoms with Crippen LogP contribution in [-0.2, 0) is 19.1 Å². The van der Waals surface area contributed by atoms with Gasteiger partial charge in [-0.3, -0.25) is 9.59 Å². The van der Waals surface area contributed by atoms with Crippen molar-refractivity contribution in [2.24, 2.45) is 5.92 Å². The summed E-state index contributed by atoms with van der Waals surface area (Å²) in [7, 11) is 2.10. The molecule has 3 N–H and O–H groups in total. The molecule has 9 atom stereocenters. The van der Waals surface area contributed by atoms with E-state index in [0.717, 1.165) is 38.6 Å². The minimum absolute atomic E-state index is 0.0170. The van der Waals surface area contributed by atoms with Gasteiger partial charge in [0.2, 0.25) is 0 Å². The number of alkyl carbamates (subject to hydrolysis) is 1. The highest BCUT2D eigenvalue weighted by molar-refractivity contribution is 6.21. The summed E-state index contributed by atoms with van der Waals surface area (Å²) in [5, 5.41) is 9.01. The lowest BCUT2D eigenvalue weighted by atomic mass is 9.69. The van der Waals surface area contributed by atoms with Gasteiger partial charge in [-0.25, -0.2) is 9.18 Å². The number of halogens is 2. The number of ketones is 1. The lowest BCUT2D eigenvalue weighted by Gasteiger charge is -2.59. The number of nitrogens with one attached hydrogen (secondary N) is 3. The van der Waals surface area contributed by atoms with Gasteiger partial charge in [0.15, 0.2) is 5.78 Å². The molecule has 10 nitrogen and oxygen atoms in total. The Morgan fingerprint density at radius 1 is 1.14 bits per heavy atom. The lowest BCUT2D eigenvalue weighted by Crippen LogP contribution is -2.73. The lowest BCUT2D eigenvalue weighted by molar-refractivity contribution is -0.197. The number of morpholine rings is 1. The molecular formula is C31H49ClFN5O5. The summed E-state index contributed by atoms with van der Waals surface area (Å²) in [5.74, 6) is -1.33. The second kappa shape index (κ2) is 13.6. The Balaban J connectivity index is 1.26. The minimum Gasteiger partial charge on any atom is -0.444 e. The Morgan fingerprint density at radius 2 is 1.93 bits per heavy atom. The summed E-state index contributed by atoms with van der Waals surface area (Å²) in [6.07, 6.45) is 5.10. The van der Waals surface area contributed by atoms with E-state index in [0.29, 0.717) is 38.5 Å². The zero-order valence-electron chi connectivity index (χ0n) is 26.0. The van der Waals surface area contributed by atoms with E-state index in [1.807, 2.05) is 0 Å². The summed E-state index contributed by atoms with van der Waals surface area (Å²) in [6.45, 7) is 7.82. The number of hydrogen-bond acceptors (Lipinski definition) is 8. The standard InChI is InChI=1S/C31H49ClFN5O5/c1-31(2,3)43-30(41)36-12-6-11-34-25-22(33)16-20-26-28(25)42-24-15-18(32)8-9-23(24)38(26)17-21(27(20)39)29(40)35-13-10-19-7-5-14-37(19)4/h17-20,22-26,28,34H,5-16H2,1-4H3,(H,35,40)(H,36,41). The van der Waals surface area contributed by atoms with Gasteiger partial charge >= 0.3 is 6.09 Å². The van der Waals surface area contributed by atoms with Crippen molar-refractivity contribution < 1.29 is 28.2 Å². The molecule has 0 bridgehead atoms. The van der Waals surface area contributed by atoms with E-state index in [1.165, 1.54) is 0 Å². The van der Waals surface area contributed by atoms with Gasteiger partial charge in [0, 0.05) is 36.6 Å². The first-order valence-corrected chi connectivity index (χ1v) is 16.5. The summed E-state index contributed by atoms with van der Waals surface area (Å²) in [6, 6.07) is -0.553. The van der Waals surface area contributed by atoms with E-state index in [1.54, 1.807) is 27.0 Å².